The number of aromatic nitrogens is 4. The molecule has 0 amide bonds. The van der Waals surface area contributed by atoms with Crippen molar-refractivity contribution < 1.29 is 0 Å². The largest absolute Gasteiger partial charge is 0.383 e. The predicted molar refractivity (Wildman–Crippen MR) is 113 cm³/mol. The quantitative estimate of drug-likeness (QED) is 0.577. The highest BCUT2D eigenvalue weighted by molar-refractivity contribution is 8.00. The van der Waals surface area contributed by atoms with Crippen LogP contribution >= 0.6 is 23.1 Å². The van der Waals surface area contributed by atoms with E-state index < -0.39 is 11.2 Å². The standard InChI is InChI=1S/C17H28N6O2S2/c1-5-6-8-23-14(18)13(15(24)19-16(23)25)22(9-7-11(2)3)10-12-20-21-17(26-4)27-12/h11H,5-10,18H2,1-4H3,(H,19,24,25). The first kappa shape index (κ1) is 21.5. The molecule has 10 heteroatoms. The van der Waals surface area contributed by atoms with Crippen LogP contribution in [0.5, 0.6) is 0 Å². The molecule has 0 aromatic carbocycles. The normalized spacial score (nSPS) is 11.3. The summed E-state index contributed by atoms with van der Waals surface area (Å²) >= 11 is 3.04. The van der Waals surface area contributed by atoms with Gasteiger partial charge in [0.1, 0.15) is 16.5 Å². The van der Waals surface area contributed by atoms with Gasteiger partial charge in [-0.15, -0.1) is 10.2 Å². The second kappa shape index (κ2) is 9.93. The molecule has 2 heterocycles. The van der Waals surface area contributed by atoms with Crippen LogP contribution in [0.1, 0.15) is 45.0 Å². The van der Waals surface area contributed by atoms with Crippen molar-refractivity contribution in [2.45, 2.75) is 57.5 Å². The minimum Gasteiger partial charge on any atom is -0.383 e. The van der Waals surface area contributed by atoms with Crippen LogP contribution in [0.3, 0.4) is 0 Å². The summed E-state index contributed by atoms with van der Waals surface area (Å²) in [5.74, 6) is 0.686. The van der Waals surface area contributed by atoms with Crippen LogP contribution in [0, 0.1) is 5.92 Å². The Kier molecular flexibility index (Phi) is 7.91. The topological polar surface area (TPSA) is 110 Å². The number of nitrogens with zero attached hydrogens (tertiary/aromatic N) is 4. The minimum atomic E-state index is -0.459. The summed E-state index contributed by atoms with van der Waals surface area (Å²) in [6, 6.07) is 0. The molecule has 3 N–H and O–H groups in total. The molecule has 0 spiro atoms. The van der Waals surface area contributed by atoms with Crippen LogP contribution in [0.2, 0.25) is 0 Å². The number of hydrogen-bond donors (Lipinski definition) is 2. The molecule has 2 rings (SSSR count). The molecule has 150 valence electrons. The summed E-state index contributed by atoms with van der Waals surface area (Å²) in [5, 5.41) is 9.15. The van der Waals surface area contributed by atoms with Crippen molar-refractivity contribution in [2.75, 3.05) is 23.4 Å². The first-order valence-corrected chi connectivity index (χ1v) is 11.1. The molecule has 0 aliphatic heterocycles. The van der Waals surface area contributed by atoms with Crippen LogP contribution in [0.15, 0.2) is 13.9 Å². The van der Waals surface area contributed by atoms with E-state index in [-0.39, 0.29) is 5.82 Å². The van der Waals surface area contributed by atoms with Gasteiger partial charge in [0.25, 0.3) is 5.56 Å². The van der Waals surface area contributed by atoms with Gasteiger partial charge in [-0.1, -0.05) is 50.3 Å². The van der Waals surface area contributed by atoms with E-state index in [1.165, 1.54) is 27.7 Å². The highest BCUT2D eigenvalue weighted by Crippen LogP contribution is 2.24. The second-order valence-electron chi connectivity index (χ2n) is 6.77. The molecule has 0 fully saturated rings. The zero-order valence-corrected chi connectivity index (χ0v) is 18.0. The van der Waals surface area contributed by atoms with Gasteiger partial charge in [-0.2, -0.15) is 0 Å². The molecule has 2 aromatic heterocycles. The Bertz CT molecular complexity index is 858. The molecule has 8 nitrogen and oxygen atoms in total. The van der Waals surface area contributed by atoms with Crippen molar-refractivity contribution in [3.8, 4) is 0 Å². The minimum absolute atomic E-state index is 0.218. The molecule has 0 unspecified atom stereocenters. The van der Waals surface area contributed by atoms with E-state index in [1.807, 2.05) is 18.1 Å². The van der Waals surface area contributed by atoms with Crippen molar-refractivity contribution >= 4 is 34.6 Å². The molecule has 0 aliphatic rings. The molecular formula is C17H28N6O2S2. The zero-order valence-electron chi connectivity index (χ0n) is 16.3. The SMILES string of the molecule is CCCCn1c(N)c(N(CCC(C)C)Cc2nnc(SC)s2)c(=O)[nH]c1=O. The van der Waals surface area contributed by atoms with Crippen LogP contribution in [-0.4, -0.2) is 32.5 Å². The van der Waals surface area contributed by atoms with Gasteiger partial charge in [0.15, 0.2) is 4.34 Å². The number of anilines is 2. The number of nitrogen functional groups attached to an aromatic ring is 1. The van der Waals surface area contributed by atoms with E-state index in [0.29, 0.717) is 31.2 Å². The summed E-state index contributed by atoms with van der Waals surface area (Å²) in [5.41, 5.74) is 5.71. The Hall–Kier alpha value is -1.81. The summed E-state index contributed by atoms with van der Waals surface area (Å²) in [6.07, 6.45) is 4.59. The average Bonchev–Trinajstić information content (AvgIpc) is 3.06. The van der Waals surface area contributed by atoms with Gasteiger partial charge in [-0.05, 0) is 25.0 Å². The summed E-state index contributed by atoms with van der Waals surface area (Å²) in [6.45, 7) is 7.87. The number of nitrogens with two attached hydrogens (primary N) is 1. The fraction of sp³-hybridized carbons (Fsp3) is 0.647. The maximum atomic E-state index is 12.6. The molecule has 0 aliphatic carbocycles. The second-order valence-corrected chi connectivity index (χ2v) is 8.88. The molecule has 0 saturated heterocycles. The summed E-state index contributed by atoms with van der Waals surface area (Å²) in [4.78, 5) is 29.1. The van der Waals surface area contributed by atoms with Gasteiger partial charge < -0.3 is 10.6 Å². The number of rotatable bonds is 10. The third-order valence-corrected chi connectivity index (χ3v) is 6.07. The Morgan fingerprint density at radius 1 is 1.33 bits per heavy atom. The monoisotopic (exact) mass is 412 g/mol. The van der Waals surface area contributed by atoms with Crippen molar-refractivity contribution in [1.29, 1.82) is 0 Å². The van der Waals surface area contributed by atoms with Gasteiger partial charge in [0, 0.05) is 13.1 Å². The highest BCUT2D eigenvalue weighted by atomic mass is 32.2. The Balaban J connectivity index is 2.43. The average molecular weight is 413 g/mol. The lowest BCUT2D eigenvalue weighted by atomic mass is 10.1. The Morgan fingerprint density at radius 3 is 2.67 bits per heavy atom. The van der Waals surface area contributed by atoms with E-state index in [4.69, 9.17) is 5.73 Å². The van der Waals surface area contributed by atoms with Crippen molar-refractivity contribution in [3.05, 3.63) is 25.8 Å². The van der Waals surface area contributed by atoms with Gasteiger partial charge in [-0.3, -0.25) is 14.3 Å². The first-order chi connectivity index (χ1) is 12.9. The number of aromatic amines is 1. The molecule has 0 saturated carbocycles. The number of nitrogens with one attached hydrogen (secondary N) is 1. The fourth-order valence-electron chi connectivity index (χ4n) is 2.65. The molecular weight excluding hydrogens is 384 g/mol. The highest BCUT2D eigenvalue weighted by Gasteiger charge is 2.20. The van der Waals surface area contributed by atoms with Crippen molar-refractivity contribution in [1.82, 2.24) is 19.7 Å². The number of H-pyrrole nitrogens is 1. The van der Waals surface area contributed by atoms with Gasteiger partial charge >= 0.3 is 5.69 Å². The third kappa shape index (κ3) is 5.58. The molecule has 0 bridgehead atoms. The summed E-state index contributed by atoms with van der Waals surface area (Å²) in [7, 11) is 0. The number of hydrogen-bond acceptors (Lipinski definition) is 8. The van der Waals surface area contributed by atoms with E-state index in [1.54, 1.807) is 0 Å². The molecule has 27 heavy (non-hydrogen) atoms. The summed E-state index contributed by atoms with van der Waals surface area (Å²) < 4.78 is 2.33. The third-order valence-electron chi connectivity index (χ3n) is 4.19. The van der Waals surface area contributed by atoms with Crippen molar-refractivity contribution in [2.24, 2.45) is 5.92 Å². The number of thioether (sulfide) groups is 1. The van der Waals surface area contributed by atoms with E-state index in [9.17, 15) is 9.59 Å². The maximum absolute atomic E-state index is 12.6. The molecule has 2 aromatic rings. The van der Waals surface area contributed by atoms with Gasteiger partial charge in [0.2, 0.25) is 0 Å². The molecule has 0 atom stereocenters. The lowest BCUT2D eigenvalue weighted by Gasteiger charge is -2.26. The lowest BCUT2D eigenvalue weighted by molar-refractivity contribution is 0.564. The molecule has 0 radical (unpaired) electrons. The predicted octanol–water partition coefficient (Wildman–Crippen LogP) is 2.54. The van der Waals surface area contributed by atoms with Crippen LogP contribution in [-0.2, 0) is 13.1 Å². The number of unbranched alkanes of at least 4 members (excludes halogenated alkanes) is 1. The fourth-order valence-corrected chi connectivity index (χ4v) is 3.98. The van der Waals surface area contributed by atoms with Crippen molar-refractivity contribution in [3.63, 3.8) is 0 Å². The lowest BCUT2D eigenvalue weighted by Crippen LogP contribution is -2.39. The van der Waals surface area contributed by atoms with Crippen LogP contribution in [0.25, 0.3) is 0 Å². The first-order valence-electron chi connectivity index (χ1n) is 9.11. The Labute approximate surface area is 167 Å². The van der Waals surface area contributed by atoms with E-state index >= 15 is 0 Å². The van der Waals surface area contributed by atoms with Crippen LogP contribution < -0.4 is 21.9 Å². The van der Waals surface area contributed by atoms with Gasteiger partial charge in [-0.25, -0.2) is 4.79 Å². The zero-order chi connectivity index (χ0) is 20.0. The maximum Gasteiger partial charge on any atom is 0.330 e. The van der Waals surface area contributed by atoms with Crippen LogP contribution in [0.4, 0.5) is 11.5 Å². The van der Waals surface area contributed by atoms with Gasteiger partial charge in [0.05, 0.1) is 6.54 Å². The van der Waals surface area contributed by atoms with E-state index in [2.05, 4.69) is 29.0 Å². The smallest absolute Gasteiger partial charge is 0.330 e. The Morgan fingerprint density at radius 2 is 2.07 bits per heavy atom. The van der Waals surface area contributed by atoms with E-state index in [0.717, 1.165) is 28.6 Å².